The van der Waals surface area contributed by atoms with Crippen molar-refractivity contribution in [3.8, 4) is 11.5 Å². The van der Waals surface area contributed by atoms with Gasteiger partial charge in [-0.1, -0.05) is 24.3 Å². The number of ether oxygens (including phenoxy) is 2. The van der Waals surface area contributed by atoms with Crippen LogP contribution in [-0.2, 0) is 21.4 Å². The van der Waals surface area contributed by atoms with Crippen LogP contribution in [-0.4, -0.2) is 39.3 Å². The molecular weight excluding hydrogens is 380 g/mol. The van der Waals surface area contributed by atoms with Crippen molar-refractivity contribution in [1.29, 1.82) is 0 Å². The van der Waals surface area contributed by atoms with Gasteiger partial charge in [0.1, 0.15) is 11.5 Å². The number of hydrogen-bond donors (Lipinski definition) is 1. The van der Waals surface area contributed by atoms with Crippen LogP contribution in [0.25, 0.3) is 0 Å². The van der Waals surface area contributed by atoms with Crippen LogP contribution in [0.3, 0.4) is 0 Å². The normalized spacial score (nSPS) is 16.1. The average Bonchev–Trinajstić information content (AvgIpc) is 2.71. The lowest BCUT2D eigenvalue weighted by Gasteiger charge is -2.34. The van der Waals surface area contributed by atoms with E-state index in [4.69, 9.17) is 9.47 Å². The molecule has 0 unspecified atom stereocenters. The molecule has 2 aromatic carbocycles. The van der Waals surface area contributed by atoms with E-state index in [-0.39, 0.29) is 18.2 Å². The number of rotatable bonds is 7. The molecule has 1 aliphatic rings. The smallest absolute Gasteiger partial charge is 0.263 e. The summed E-state index contributed by atoms with van der Waals surface area (Å²) < 4.78 is 37.5. The predicted octanol–water partition coefficient (Wildman–Crippen LogP) is 2.32. The first-order chi connectivity index (χ1) is 13.4. The Bertz CT molecular complexity index is 945. The second kappa shape index (κ2) is 8.52. The molecule has 8 heteroatoms. The second-order valence-corrected chi connectivity index (χ2v) is 8.49. The molecule has 1 amide bonds. The van der Waals surface area contributed by atoms with Crippen LogP contribution in [0, 0.1) is 0 Å². The van der Waals surface area contributed by atoms with Crippen LogP contribution in [0.15, 0.2) is 48.5 Å². The van der Waals surface area contributed by atoms with Crippen LogP contribution in [0.2, 0.25) is 0 Å². The largest absolute Gasteiger partial charge is 0.494 e. The van der Waals surface area contributed by atoms with Crippen molar-refractivity contribution in [1.82, 2.24) is 5.32 Å². The molecule has 0 saturated carbocycles. The van der Waals surface area contributed by atoms with Gasteiger partial charge in [0, 0.05) is 6.54 Å². The summed E-state index contributed by atoms with van der Waals surface area (Å²) in [6.07, 6.45) is -0.925. The van der Waals surface area contributed by atoms with E-state index in [2.05, 4.69) is 5.32 Å². The highest BCUT2D eigenvalue weighted by Gasteiger charge is 2.35. The molecule has 28 heavy (non-hydrogen) atoms. The maximum absolute atomic E-state index is 12.7. The summed E-state index contributed by atoms with van der Waals surface area (Å²) in [5.41, 5.74) is 1.34. The van der Waals surface area contributed by atoms with E-state index < -0.39 is 16.1 Å². The van der Waals surface area contributed by atoms with Gasteiger partial charge in [0.05, 0.1) is 24.6 Å². The first-order valence-corrected chi connectivity index (χ1v) is 10.8. The summed E-state index contributed by atoms with van der Waals surface area (Å²) >= 11 is 0. The Hall–Kier alpha value is -2.74. The van der Waals surface area contributed by atoms with Gasteiger partial charge in [-0.25, -0.2) is 8.42 Å². The molecule has 7 nitrogen and oxygen atoms in total. The lowest BCUT2D eigenvalue weighted by molar-refractivity contribution is -0.127. The number of carbonyl (C=O) groups excluding carboxylic acids is 1. The van der Waals surface area contributed by atoms with Gasteiger partial charge in [0.2, 0.25) is 10.0 Å². The Morgan fingerprint density at radius 1 is 1.21 bits per heavy atom. The van der Waals surface area contributed by atoms with E-state index in [1.54, 1.807) is 31.2 Å². The minimum Gasteiger partial charge on any atom is -0.494 e. The number of hydrogen-bond acceptors (Lipinski definition) is 5. The number of nitrogens with one attached hydrogen (secondary N) is 1. The van der Waals surface area contributed by atoms with Crippen molar-refractivity contribution in [2.24, 2.45) is 0 Å². The Labute approximate surface area is 165 Å². The van der Waals surface area contributed by atoms with Gasteiger partial charge in [0.15, 0.2) is 6.10 Å². The molecular formula is C20H24N2O5S. The zero-order valence-corrected chi connectivity index (χ0v) is 16.7. The molecule has 3 rings (SSSR count). The van der Waals surface area contributed by atoms with Crippen molar-refractivity contribution in [2.75, 3.05) is 23.2 Å². The minimum atomic E-state index is -3.52. The van der Waals surface area contributed by atoms with Crippen LogP contribution in [0.5, 0.6) is 11.5 Å². The average molecular weight is 404 g/mol. The third-order valence-corrected chi connectivity index (χ3v) is 6.15. The number of para-hydroxylation sites is 2. The standard InChI is InChI=1S/C20H24N2O5S/c1-3-26-16-9-7-8-15(12-16)13-21-20(23)19-14-22(28(24,25)4-2)17-10-5-6-11-18(17)27-19/h5-12,19H,3-4,13-14H2,1-2H3,(H,21,23)/t19-/m1/s1. The molecule has 1 atom stereocenters. The molecule has 1 N–H and O–H groups in total. The molecule has 0 aliphatic carbocycles. The van der Waals surface area contributed by atoms with Gasteiger partial charge < -0.3 is 14.8 Å². The summed E-state index contributed by atoms with van der Waals surface area (Å²) in [7, 11) is -3.52. The van der Waals surface area contributed by atoms with Crippen molar-refractivity contribution in [3.63, 3.8) is 0 Å². The number of amides is 1. The van der Waals surface area contributed by atoms with Crippen molar-refractivity contribution in [3.05, 3.63) is 54.1 Å². The molecule has 150 valence electrons. The number of sulfonamides is 1. The molecule has 0 spiro atoms. The first-order valence-electron chi connectivity index (χ1n) is 9.20. The van der Waals surface area contributed by atoms with E-state index in [1.807, 2.05) is 31.2 Å². The van der Waals surface area contributed by atoms with E-state index in [9.17, 15) is 13.2 Å². The number of carbonyl (C=O) groups is 1. The number of fused-ring (bicyclic) bond motifs is 1. The molecule has 2 aromatic rings. The van der Waals surface area contributed by atoms with Gasteiger partial charge in [-0.3, -0.25) is 9.10 Å². The molecule has 0 radical (unpaired) electrons. The highest BCUT2D eigenvalue weighted by Crippen LogP contribution is 2.35. The van der Waals surface area contributed by atoms with Gasteiger partial charge in [-0.05, 0) is 43.7 Å². The molecule has 1 aliphatic heterocycles. The number of anilines is 1. The summed E-state index contributed by atoms with van der Waals surface area (Å²) in [5, 5.41) is 2.82. The van der Waals surface area contributed by atoms with Gasteiger partial charge in [-0.2, -0.15) is 0 Å². The van der Waals surface area contributed by atoms with Gasteiger partial charge >= 0.3 is 0 Å². The molecule has 0 bridgehead atoms. The van der Waals surface area contributed by atoms with Crippen molar-refractivity contribution < 1.29 is 22.7 Å². The molecule has 0 aromatic heterocycles. The van der Waals surface area contributed by atoms with Crippen molar-refractivity contribution in [2.45, 2.75) is 26.5 Å². The van der Waals surface area contributed by atoms with Crippen LogP contribution in [0.4, 0.5) is 5.69 Å². The van der Waals surface area contributed by atoms with E-state index in [0.717, 1.165) is 11.3 Å². The lowest BCUT2D eigenvalue weighted by atomic mass is 10.2. The highest BCUT2D eigenvalue weighted by molar-refractivity contribution is 7.92. The van der Waals surface area contributed by atoms with E-state index >= 15 is 0 Å². The summed E-state index contributed by atoms with van der Waals surface area (Å²) in [6.45, 7) is 4.28. The van der Waals surface area contributed by atoms with E-state index in [0.29, 0.717) is 24.6 Å². The van der Waals surface area contributed by atoms with Gasteiger partial charge in [-0.15, -0.1) is 0 Å². The maximum Gasteiger partial charge on any atom is 0.263 e. The molecule has 1 heterocycles. The highest BCUT2D eigenvalue weighted by atomic mass is 32.2. The Morgan fingerprint density at radius 3 is 2.75 bits per heavy atom. The van der Waals surface area contributed by atoms with Crippen LogP contribution >= 0.6 is 0 Å². The third kappa shape index (κ3) is 4.39. The summed E-state index contributed by atoms with van der Waals surface area (Å²) in [6, 6.07) is 14.3. The molecule has 0 saturated heterocycles. The Kier molecular flexibility index (Phi) is 6.08. The first kappa shape index (κ1) is 20.0. The van der Waals surface area contributed by atoms with Gasteiger partial charge in [0.25, 0.3) is 5.91 Å². The van der Waals surface area contributed by atoms with Crippen LogP contribution in [0.1, 0.15) is 19.4 Å². The topological polar surface area (TPSA) is 84.9 Å². The minimum absolute atomic E-state index is 0.0557. The maximum atomic E-state index is 12.7. The Morgan fingerprint density at radius 2 is 2.00 bits per heavy atom. The lowest BCUT2D eigenvalue weighted by Crippen LogP contribution is -2.50. The van der Waals surface area contributed by atoms with E-state index in [1.165, 1.54) is 4.31 Å². The quantitative estimate of drug-likeness (QED) is 0.766. The zero-order chi connectivity index (χ0) is 20.1. The van der Waals surface area contributed by atoms with Crippen molar-refractivity contribution >= 4 is 21.6 Å². The number of benzene rings is 2. The zero-order valence-electron chi connectivity index (χ0n) is 15.9. The summed E-state index contributed by atoms with van der Waals surface area (Å²) in [4.78, 5) is 12.7. The molecule has 0 fully saturated rings. The fourth-order valence-corrected chi connectivity index (χ4v) is 4.10. The summed E-state index contributed by atoms with van der Waals surface area (Å²) in [5.74, 6) is 0.689. The Balaban J connectivity index is 1.73. The fourth-order valence-electron chi connectivity index (χ4n) is 2.97. The predicted molar refractivity (Wildman–Crippen MR) is 107 cm³/mol. The third-order valence-electron chi connectivity index (χ3n) is 4.40. The van der Waals surface area contributed by atoms with Crippen LogP contribution < -0.4 is 19.1 Å². The number of nitrogens with zero attached hydrogens (tertiary/aromatic N) is 1. The monoisotopic (exact) mass is 404 g/mol. The second-order valence-electron chi connectivity index (χ2n) is 6.30. The SMILES string of the molecule is CCOc1cccc(CNC(=O)[C@H]2CN(S(=O)(=O)CC)c3ccccc3O2)c1. The fraction of sp³-hybridized carbons (Fsp3) is 0.350.